The second-order valence-corrected chi connectivity index (χ2v) is 10.8. The molecule has 4 rings (SSSR count). The van der Waals surface area contributed by atoms with E-state index in [1.165, 1.54) is 22.3 Å². The van der Waals surface area contributed by atoms with Crippen LogP contribution in [0.2, 0.25) is 5.02 Å². The lowest BCUT2D eigenvalue weighted by Gasteiger charge is -2.22. The Morgan fingerprint density at radius 2 is 1.59 bits per heavy atom. The number of thioether (sulfide) groups is 1. The van der Waals surface area contributed by atoms with Crippen LogP contribution in [-0.4, -0.2) is 21.9 Å². The molecule has 3 aromatic carbocycles. The summed E-state index contributed by atoms with van der Waals surface area (Å²) in [6, 6.07) is 20.2. The second-order valence-electron chi connectivity index (χ2n) is 9.45. The quantitative estimate of drug-likeness (QED) is 0.258. The molecule has 0 unspecified atom stereocenters. The summed E-state index contributed by atoms with van der Waals surface area (Å²) in [5.41, 5.74) is 7.27. The number of aromatic nitrogens is 3. The van der Waals surface area contributed by atoms with Crippen LogP contribution in [0, 0.1) is 13.8 Å². The normalized spacial score (nSPS) is 11.6. The van der Waals surface area contributed by atoms with Gasteiger partial charge in [0.2, 0.25) is 0 Å². The summed E-state index contributed by atoms with van der Waals surface area (Å²) >= 11 is 7.86. The first-order valence-corrected chi connectivity index (χ1v) is 12.6. The Bertz CT molecular complexity index is 1280. The van der Waals surface area contributed by atoms with Gasteiger partial charge in [0.05, 0.1) is 12.7 Å². The smallest absolute Gasteiger partial charge is 0.196 e. The molecule has 0 spiro atoms. The van der Waals surface area contributed by atoms with E-state index in [-0.39, 0.29) is 5.41 Å². The number of methoxy groups -OCH3 is 1. The fraction of sp³-hybridized carbons (Fsp3) is 0.286. The van der Waals surface area contributed by atoms with E-state index < -0.39 is 0 Å². The lowest BCUT2D eigenvalue weighted by Crippen LogP contribution is -2.12. The first-order chi connectivity index (χ1) is 16.2. The van der Waals surface area contributed by atoms with Gasteiger partial charge in [0.15, 0.2) is 11.0 Å². The Hall–Kier alpha value is -2.76. The van der Waals surface area contributed by atoms with E-state index in [4.69, 9.17) is 16.3 Å². The summed E-state index contributed by atoms with van der Waals surface area (Å²) in [4.78, 5) is 0. The Balaban J connectivity index is 1.75. The van der Waals surface area contributed by atoms with Crippen molar-refractivity contribution in [2.24, 2.45) is 0 Å². The number of benzene rings is 3. The van der Waals surface area contributed by atoms with E-state index in [9.17, 15) is 0 Å². The summed E-state index contributed by atoms with van der Waals surface area (Å²) in [5, 5.41) is 10.7. The predicted molar refractivity (Wildman–Crippen MR) is 143 cm³/mol. The zero-order chi connectivity index (χ0) is 24.5. The summed E-state index contributed by atoms with van der Waals surface area (Å²) in [5.74, 6) is 2.30. The lowest BCUT2D eigenvalue weighted by atomic mass is 9.84. The van der Waals surface area contributed by atoms with Crippen LogP contribution in [0.3, 0.4) is 0 Å². The minimum Gasteiger partial charge on any atom is -0.496 e. The highest BCUT2D eigenvalue weighted by Crippen LogP contribution is 2.36. The van der Waals surface area contributed by atoms with Crippen molar-refractivity contribution in [1.82, 2.24) is 14.8 Å². The Morgan fingerprint density at radius 3 is 2.21 bits per heavy atom. The van der Waals surface area contributed by atoms with E-state index in [2.05, 4.69) is 61.5 Å². The van der Waals surface area contributed by atoms with E-state index in [1.807, 2.05) is 48.5 Å². The predicted octanol–water partition coefficient (Wildman–Crippen LogP) is 7.80. The molecule has 1 heterocycles. The summed E-state index contributed by atoms with van der Waals surface area (Å²) in [6.45, 7) is 11.2. The highest BCUT2D eigenvalue weighted by atomic mass is 35.5. The minimum atomic E-state index is 0.125. The molecule has 0 bridgehead atoms. The van der Waals surface area contributed by atoms with Crippen LogP contribution in [0.25, 0.3) is 17.1 Å². The van der Waals surface area contributed by atoms with Crippen molar-refractivity contribution in [3.05, 3.63) is 87.9 Å². The molecule has 176 valence electrons. The first-order valence-electron chi connectivity index (χ1n) is 11.3. The summed E-state index contributed by atoms with van der Waals surface area (Å²) < 4.78 is 7.69. The molecule has 6 heteroatoms. The van der Waals surface area contributed by atoms with Crippen molar-refractivity contribution in [2.75, 3.05) is 7.11 Å². The van der Waals surface area contributed by atoms with Crippen LogP contribution in [0.4, 0.5) is 0 Å². The molecule has 1 aromatic heterocycles. The molecule has 34 heavy (non-hydrogen) atoms. The number of hydrogen-bond donors (Lipinski definition) is 0. The Kier molecular flexibility index (Phi) is 7.06. The van der Waals surface area contributed by atoms with Crippen molar-refractivity contribution in [2.45, 2.75) is 50.9 Å². The highest BCUT2D eigenvalue weighted by Gasteiger charge is 2.21. The van der Waals surface area contributed by atoms with Crippen LogP contribution in [0.5, 0.6) is 5.75 Å². The topological polar surface area (TPSA) is 39.9 Å². The van der Waals surface area contributed by atoms with Gasteiger partial charge in [-0.15, -0.1) is 10.2 Å². The number of rotatable bonds is 6. The number of nitrogens with zero attached hydrogens (tertiary/aromatic N) is 3. The molecule has 0 fully saturated rings. The number of hydrogen-bond acceptors (Lipinski definition) is 4. The van der Waals surface area contributed by atoms with Crippen molar-refractivity contribution in [3.63, 3.8) is 0 Å². The van der Waals surface area contributed by atoms with Gasteiger partial charge in [0, 0.05) is 16.5 Å². The van der Waals surface area contributed by atoms with Gasteiger partial charge < -0.3 is 4.74 Å². The van der Waals surface area contributed by atoms with Gasteiger partial charge >= 0.3 is 0 Å². The average Bonchev–Trinajstić information content (AvgIpc) is 3.22. The van der Waals surface area contributed by atoms with E-state index in [1.54, 1.807) is 18.9 Å². The monoisotopic (exact) mass is 491 g/mol. The van der Waals surface area contributed by atoms with Crippen molar-refractivity contribution in [1.29, 1.82) is 0 Å². The SMILES string of the molecule is COc1ccccc1-c1nnc(SCc2c(C)cc(C(C)(C)C)cc2C)n1-c1ccc(Cl)cc1. The maximum absolute atomic E-state index is 6.17. The molecular weight excluding hydrogens is 462 g/mol. The van der Waals surface area contributed by atoms with E-state index >= 15 is 0 Å². The molecule has 0 amide bonds. The van der Waals surface area contributed by atoms with Crippen molar-refractivity contribution in [3.8, 4) is 22.8 Å². The van der Waals surface area contributed by atoms with Crippen LogP contribution in [0.15, 0.2) is 65.8 Å². The Labute approximate surface area is 211 Å². The van der Waals surface area contributed by atoms with Gasteiger partial charge in [0.25, 0.3) is 0 Å². The maximum atomic E-state index is 6.17. The molecule has 0 saturated carbocycles. The van der Waals surface area contributed by atoms with Gasteiger partial charge in [-0.1, -0.05) is 68.4 Å². The van der Waals surface area contributed by atoms with E-state index in [0.29, 0.717) is 5.02 Å². The van der Waals surface area contributed by atoms with Crippen LogP contribution < -0.4 is 4.74 Å². The second kappa shape index (κ2) is 9.85. The molecule has 0 aliphatic carbocycles. The first kappa shape index (κ1) is 24.4. The molecule has 4 aromatic rings. The van der Waals surface area contributed by atoms with Gasteiger partial charge in [0.1, 0.15) is 5.75 Å². The zero-order valence-corrected chi connectivity index (χ0v) is 22.1. The minimum absolute atomic E-state index is 0.125. The number of ether oxygens (including phenoxy) is 1. The fourth-order valence-corrected chi connectivity index (χ4v) is 5.26. The van der Waals surface area contributed by atoms with Crippen LogP contribution >= 0.6 is 23.4 Å². The number of para-hydroxylation sites is 1. The average molecular weight is 492 g/mol. The molecule has 4 nitrogen and oxygen atoms in total. The molecule has 0 saturated heterocycles. The Morgan fingerprint density at radius 1 is 0.941 bits per heavy atom. The summed E-state index contributed by atoms with van der Waals surface area (Å²) in [6.07, 6.45) is 0. The van der Waals surface area contributed by atoms with Gasteiger partial charge in [-0.25, -0.2) is 0 Å². The third-order valence-electron chi connectivity index (χ3n) is 5.97. The molecule has 0 radical (unpaired) electrons. The number of aryl methyl sites for hydroxylation is 2. The van der Waals surface area contributed by atoms with E-state index in [0.717, 1.165) is 33.7 Å². The van der Waals surface area contributed by atoms with Crippen LogP contribution in [-0.2, 0) is 11.2 Å². The zero-order valence-electron chi connectivity index (χ0n) is 20.5. The summed E-state index contributed by atoms with van der Waals surface area (Å²) in [7, 11) is 1.67. The highest BCUT2D eigenvalue weighted by molar-refractivity contribution is 7.98. The molecule has 0 atom stereocenters. The standard InChI is InChI=1S/C28H30ClN3OS/c1-18-15-20(28(3,4)5)16-19(2)24(18)17-34-27-31-30-26(23-9-7-8-10-25(23)33-6)32(27)22-13-11-21(29)12-14-22/h7-16H,17H2,1-6H3. The van der Waals surface area contributed by atoms with Crippen molar-refractivity contribution >= 4 is 23.4 Å². The van der Waals surface area contributed by atoms with Gasteiger partial charge in [-0.2, -0.15) is 0 Å². The number of halogens is 1. The molecule has 0 aliphatic heterocycles. The lowest BCUT2D eigenvalue weighted by molar-refractivity contribution is 0.416. The van der Waals surface area contributed by atoms with Gasteiger partial charge in [-0.05, 0) is 77.9 Å². The molecular formula is C28H30ClN3OS. The molecule has 0 N–H and O–H groups in total. The van der Waals surface area contributed by atoms with Gasteiger partial charge in [-0.3, -0.25) is 4.57 Å². The van der Waals surface area contributed by atoms with Crippen molar-refractivity contribution < 1.29 is 4.74 Å². The third kappa shape index (κ3) is 5.01. The molecule has 0 aliphatic rings. The maximum Gasteiger partial charge on any atom is 0.196 e. The largest absolute Gasteiger partial charge is 0.496 e. The third-order valence-corrected chi connectivity index (χ3v) is 7.18. The fourth-order valence-electron chi connectivity index (χ4n) is 3.98. The van der Waals surface area contributed by atoms with Crippen LogP contribution in [0.1, 0.15) is 43.0 Å².